The smallest absolute Gasteiger partial charge is 0.306 e. The molecule has 0 radical (unpaired) electrons. The summed E-state index contributed by atoms with van der Waals surface area (Å²) in [7, 11) is 0. The number of pyridine rings is 1. The van der Waals surface area contributed by atoms with Crippen molar-refractivity contribution < 1.29 is 14.7 Å². The Bertz CT molecular complexity index is 538. The first-order chi connectivity index (χ1) is 10.3. The molecule has 0 saturated heterocycles. The number of aliphatic carboxylic acids is 1. The van der Waals surface area contributed by atoms with E-state index < -0.39 is 5.97 Å². The summed E-state index contributed by atoms with van der Waals surface area (Å²) in [6, 6.07) is 3.73. The molecule has 0 aliphatic heterocycles. The predicted octanol–water partition coefficient (Wildman–Crippen LogP) is 2.75. The third-order valence-corrected chi connectivity index (χ3v) is 4.27. The standard InChI is InChI=1S/C17H24N2O3/c1-17(2,3)12-6-9-14(18-10-12)15(20)19-13-7-4-11(5-8-13)16(21)22/h6,9-11,13H,4-5,7-8H2,1-3H3,(H,19,20)(H,21,22). The average Bonchev–Trinajstić information content (AvgIpc) is 2.47. The first-order valence-corrected chi connectivity index (χ1v) is 7.77. The fraction of sp³-hybridized carbons (Fsp3) is 0.588. The zero-order valence-corrected chi connectivity index (χ0v) is 13.4. The molecule has 5 nitrogen and oxygen atoms in total. The van der Waals surface area contributed by atoms with Gasteiger partial charge in [0.1, 0.15) is 5.69 Å². The van der Waals surface area contributed by atoms with E-state index in [4.69, 9.17) is 5.11 Å². The Morgan fingerprint density at radius 2 is 1.82 bits per heavy atom. The number of amides is 1. The molecule has 1 amide bonds. The van der Waals surface area contributed by atoms with E-state index >= 15 is 0 Å². The second-order valence-corrected chi connectivity index (χ2v) is 7.04. The maximum absolute atomic E-state index is 12.2. The molecule has 1 heterocycles. The lowest BCUT2D eigenvalue weighted by molar-refractivity contribution is -0.142. The van der Waals surface area contributed by atoms with Gasteiger partial charge in [-0.15, -0.1) is 0 Å². The summed E-state index contributed by atoms with van der Waals surface area (Å²) in [5.41, 5.74) is 1.51. The van der Waals surface area contributed by atoms with Crippen molar-refractivity contribution in [1.82, 2.24) is 10.3 Å². The monoisotopic (exact) mass is 304 g/mol. The van der Waals surface area contributed by atoms with E-state index in [0.717, 1.165) is 5.56 Å². The van der Waals surface area contributed by atoms with Crippen molar-refractivity contribution >= 4 is 11.9 Å². The van der Waals surface area contributed by atoms with Crippen LogP contribution in [0.5, 0.6) is 0 Å². The lowest BCUT2D eigenvalue weighted by atomic mass is 9.86. The van der Waals surface area contributed by atoms with E-state index in [9.17, 15) is 9.59 Å². The Kier molecular flexibility index (Phi) is 4.84. The molecule has 1 aliphatic carbocycles. The minimum absolute atomic E-state index is 0.0111. The zero-order chi connectivity index (χ0) is 16.3. The molecule has 22 heavy (non-hydrogen) atoms. The number of aromatic nitrogens is 1. The number of carboxylic acid groups (broad SMARTS) is 1. The molecule has 2 rings (SSSR count). The number of hydrogen-bond acceptors (Lipinski definition) is 3. The van der Waals surface area contributed by atoms with Crippen molar-refractivity contribution in [2.24, 2.45) is 5.92 Å². The van der Waals surface area contributed by atoms with Gasteiger partial charge in [-0.3, -0.25) is 14.6 Å². The van der Waals surface area contributed by atoms with Crippen molar-refractivity contribution in [3.8, 4) is 0 Å². The molecule has 1 fully saturated rings. The molecule has 2 N–H and O–H groups in total. The first kappa shape index (κ1) is 16.5. The third-order valence-electron chi connectivity index (χ3n) is 4.27. The van der Waals surface area contributed by atoms with Gasteiger partial charge in [-0.05, 0) is 42.7 Å². The van der Waals surface area contributed by atoms with E-state index in [0.29, 0.717) is 31.4 Å². The van der Waals surface area contributed by atoms with E-state index in [1.165, 1.54) is 0 Å². The van der Waals surface area contributed by atoms with E-state index in [2.05, 4.69) is 31.1 Å². The molecule has 5 heteroatoms. The van der Waals surface area contributed by atoms with Gasteiger partial charge < -0.3 is 10.4 Å². The van der Waals surface area contributed by atoms with Crippen molar-refractivity contribution in [3.63, 3.8) is 0 Å². The molecular formula is C17H24N2O3. The van der Waals surface area contributed by atoms with Crippen molar-refractivity contribution in [3.05, 3.63) is 29.6 Å². The van der Waals surface area contributed by atoms with Gasteiger partial charge >= 0.3 is 5.97 Å². The molecule has 0 bridgehead atoms. The van der Waals surface area contributed by atoms with Gasteiger partial charge in [-0.1, -0.05) is 26.8 Å². The summed E-state index contributed by atoms with van der Waals surface area (Å²) in [5.74, 6) is -1.18. The average molecular weight is 304 g/mol. The van der Waals surface area contributed by atoms with Crippen LogP contribution in [0.3, 0.4) is 0 Å². The molecule has 0 atom stereocenters. The van der Waals surface area contributed by atoms with Crippen LogP contribution in [-0.2, 0) is 10.2 Å². The van der Waals surface area contributed by atoms with Gasteiger partial charge in [-0.2, -0.15) is 0 Å². The van der Waals surface area contributed by atoms with E-state index in [1.807, 2.05) is 6.07 Å². The second kappa shape index (κ2) is 6.46. The SMILES string of the molecule is CC(C)(C)c1ccc(C(=O)NC2CCC(C(=O)O)CC2)nc1. The molecule has 1 saturated carbocycles. The summed E-state index contributed by atoms with van der Waals surface area (Å²) in [6.45, 7) is 6.31. The number of carbonyl (C=O) groups excluding carboxylic acids is 1. The van der Waals surface area contributed by atoms with Crippen molar-refractivity contribution in [2.75, 3.05) is 0 Å². The lowest BCUT2D eigenvalue weighted by Gasteiger charge is -2.26. The Labute approximate surface area is 131 Å². The Hall–Kier alpha value is -1.91. The van der Waals surface area contributed by atoms with Gasteiger partial charge in [0, 0.05) is 12.2 Å². The quantitative estimate of drug-likeness (QED) is 0.900. The molecule has 1 aromatic heterocycles. The highest BCUT2D eigenvalue weighted by Gasteiger charge is 2.27. The van der Waals surface area contributed by atoms with Crippen molar-refractivity contribution in [2.45, 2.75) is 57.9 Å². The fourth-order valence-corrected chi connectivity index (χ4v) is 2.72. The molecule has 120 valence electrons. The van der Waals surface area contributed by atoms with Gasteiger partial charge in [0.15, 0.2) is 0 Å². The topological polar surface area (TPSA) is 79.3 Å². The summed E-state index contributed by atoms with van der Waals surface area (Å²) in [5, 5.41) is 11.9. The fourth-order valence-electron chi connectivity index (χ4n) is 2.72. The largest absolute Gasteiger partial charge is 0.481 e. The van der Waals surface area contributed by atoms with Crippen LogP contribution >= 0.6 is 0 Å². The van der Waals surface area contributed by atoms with Crippen LogP contribution in [0, 0.1) is 5.92 Å². The van der Waals surface area contributed by atoms with E-state index in [1.54, 1.807) is 12.3 Å². The number of carboxylic acids is 1. The summed E-state index contributed by atoms with van der Waals surface area (Å²) < 4.78 is 0. The predicted molar refractivity (Wildman–Crippen MR) is 83.8 cm³/mol. The highest BCUT2D eigenvalue weighted by atomic mass is 16.4. The van der Waals surface area contributed by atoms with Crippen LogP contribution < -0.4 is 5.32 Å². The maximum atomic E-state index is 12.2. The number of nitrogens with zero attached hydrogens (tertiary/aromatic N) is 1. The van der Waals surface area contributed by atoms with E-state index in [-0.39, 0.29) is 23.3 Å². The van der Waals surface area contributed by atoms with Crippen LogP contribution in [0.1, 0.15) is 62.5 Å². The van der Waals surface area contributed by atoms with Crippen molar-refractivity contribution in [1.29, 1.82) is 0 Å². The second-order valence-electron chi connectivity index (χ2n) is 7.04. The molecule has 1 aliphatic rings. The molecular weight excluding hydrogens is 280 g/mol. The van der Waals surface area contributed by atoms with Crippen LogP contribution in [0.2, 0.25) is 0 Å². The zero-order valence-electron chi connectivity index (χ0n) is 13.4. The number of carbonyl (C=O) groups is 2. The molecule has 0 aromatic carbocycles. The third kappa shape index (κ3) is 4.06. The highest BCUT2D eigenvalue weighted by molar-refractivity contribution is 5.92. The van der Waals surface area contributed by atoms with Gasteiger partial charge in [0.05, 0.1) is 5.92 Å². The Balaban J connectivity index is 1.92. The maximum Gasteiger partial charge on any atom is 0.306 e. The summed E-state index contributed by atoms with van der Waals surface area (Å²) >= 11 is 0. The first-order valence-electron chi connectivity index (χ1n) is 7.77. The molecule has 0 unspecified atom stereocenters. The normalized spacial score (nSPS) is 22.1. The summed E-state index contributed by atoms with van der Waals surface area (Å²) in [4.78, 5) is 27.4. The Morgan fingerprint density at radius 3 is 2.27 bits per heavy atom. The number of hydrogen-bond donors (Lipinski definition) is 2. The highest BCUT2D eigenvalue weighted by Crippen LogP contribution is 2.25. The molecule has 1 aromatic rings. The van der Waals surface area contributed by atoms with Crippen LogP contribution in [0.25, 0.3) is 0 Å². The minimum atomic E-state index is -0.732. The van der Waals surface area contributed by atoms with Gasteiger partial charge in [0.25, 0.3) is 5.91 Å². The van der Waals surface area contributed by atoms with Gasteiger partial charge in [0.2, 0.25) is 0 Å². The lowest BCUT2D eigenvalue weighted by Crippen LogP contribution is -2.39. The molecule has 0 spiro atoms. The number of rotatable bonds is 3. The Morgan fingerprint density at radius 1 is 1.18 bits per heavy atom. The number of nitrogens with one attached hydrogen (secondary N) is 1. The van der Waals surface area contributed by atoms with Crippen LogP contribution in [-0.4, -0.2) is 28.0 Å². The van der Waals surface area contributed by atoms with Crippen LogP contribution in [0.15, 0.2) is 18.3 Å². The summed E-state index contributed by atoms with van der Waals surface area (Å²) in [6.07, 6.45) is 4.41. The minimum Gasteiger partial charge on any atom is -0.481 e. The van der Waals surface area contributed by atoms with Gasteiger partial charge in [-0.25, -0.2) is 0 Å². The van der Waals surface area contributed by atoms with Crippen LogP contribution in [0.4, 0.5) is 0 Å².